The van der Waals surface area contributed by atoms with Crippen LogP contribution in [0, 0.1) is 20.8 Å². The van der Waals surface area contributed by atoms with Crippen LogP contribution in [0.1, 0.15) is 41.8 Å². The van der Waals surface area contributed by atoms with E-state index in [9.17, 15) is 0 Å². The first-order valence-corrected chi connectivity index (χ1v) is 9.39. The van der Waals surface area contributed by atoms with E-state index in [4.69, 9.17) is 18.9 Å². The van der Waals surface area contributed by atoms with Crippen molar-refractivity contribution in [2.45, 2.75) is 52.6 Å². The average molecular weight is 358 g/mol. The molecule has 1 aromatic carbocycles. The molecule has 1 fully saturated rings. The Morgan fingerprint density at radius 2 is 1.96 bits per heavy atom. The summed E-state index contributed by atoms with van der Waals surface area (Å²) >= 11 is 0. The summed E-state index contributed by atoms with van der Waals surface area (Å²) in [5, 5.41) is 0. The lowest BCUT2D eigenvalue weighted by atomic mass is 10.0. The number of aryl methyl sites for hydroxylation is 1. The van der Waals surface area contributed by atoms with Gasteiger partial charge in [-0.3, -0.25) is 4.90 Å². The molecule has 1 saturated heterocycles. The molecule has 0 amide bonds. The molecule has 2 aromatic rings. The molecule has 0 radical (unpaired) electrons. The number of benzene rings is 1. The van der Waals surface area contributed by atoms with Crippen molar-refractivity contribution in [3.05, 3.63) is 34.7 Å². The summed E-state index contributed by atoms with van der Waals surface area (Å²) in [5.41, 5.74) is 4.33. The molecule has 1 atom stereocenters. The number of hydrogen-bond donors (Lipinski definition) is 0. The molecular formula is C21H30N2O3. The number of ether oxygens (including phenoxy) is 2. The molecule has 1 aliphatic rings. The first kappa shape index (κ1) is 18.9. The van der Waals surface area contributed by atoms with Crippen molar-refractivity contribution in [3.8, 4) is 17.2 Å². The maximum absolute atomic E-state index is 6.04. The van der Waals surface area contributed by atoms with Gasteiger partial charge in [0.1, 0.15) is 11.5 Å². The predicted octanol–water partition coefficient (Wildman–Crippen LogP) is 4.28. The number of hydrogen-bond acceptors (Lipinski definition) is 5. The fraction of sp³-hybridized carbons (Fsp3) is 0.571. The Morgan fingerprint density at radius 3 is 2.69 bits per heavy atom. The van der Waals surface area contributed by atoms with Gasteiger partial charge in [0, 0.05) is 25.3 Å². The average Bonchev–Trinajstić information content (AvgIpc) is 2.99. The molecular weight excluding hydrogens is 328 g/mol. The van der Waals surface area contributed by atoms with E-state index in [1.165, 1.54) is 19.3 Å². The number of nitrogens with zero attached hydrogens (tertiary/aromatic N) is 2. The van der Waals surface area contributed by atoms with Gasteiger partial charge < -0.3 is 13.9 Å². The highest BCUT2D eigenvalue weighted by Crippen LogP contribution is 2.32. The molecule has 0 saturated carbocycles. The van der Waals surface area contributed by atoms with Crippen LogP contribution in [0.15, 0.2) is 16.5 Å². The van der Waals surface area contributed by atoms with Crippen LogP contribution in [0.2, 0.25) is 0 Å². The molecule has 0 bridgehead atoms. The van der Waals surface area contributed by atoms with Crippen LogP contribution in [0.5, 0.6) is 5.75 Å². The smallest absolute Gasteiger partial charge is 0.226 e. The van der Waals surface area contributed by atoms with Gasteiger partial charge in [-0.2, -0.15) is 0 Å². The minimum atomic E-state index is 0.471. The SMILES string of the molecule is COC[C@@H]1CCCCN1Cc1nc(-c2ccc(OC)c(C)c2C)oc1C. The van der Waals surface area contributed by atoms with Crippen molar-refractivity contribution in [2.75, 3.05) is 27.4 Å². The second-order valence-electron chi connectivity index (χ2n) is 7.16. The van der Waals surface area contributed by atoms with Crippen molar-refractivity contribution in [3.63, 3.8) is 0 Å². The van der Waals surface area contributed by atoms with Crippen molar-refractivity contribution in [1.82, 2.24) is 9.88 Å². The van der Waals surface area contributed by atoms with Gasteiger partial charge in [0.25, 0.3) is 0 Å². The zero-order chi connectivity index (χ0) is 18.7. The summed E-state index contributed by atoms with van der Waals surface area (Å²) in [5.74, 6) is 2.49. The fourth-order valence-electron chi connectivity index (χ4n) is 3.78. The number of rotatable bonds is 6. The van der Waals surface area contributed by atoms with E-state index >= 15 is 0 Å². The van der Waals surface area contributed by atoms with Crippen LogP contribution in [0.3, 0.4) is 0 Å². The minimum Gasteiger partial charge on any atom is -0.496 e. The molecule has 5 nitrogen and oxygen atoms in total. The van der Waals surface area contributed by atoms with Gasteiger partial charge >= 0.3 is 0 Å². The maximum atomic E-state index is 6.04. The van der Waals surface area contributed by atoms with Gasteiger partial charge in [-0.15, -0.1) is 0 Å². The highest BCUT2D eigenvalue weighted by molar-refractivity contribution is 5.63. The van der Waals surface area contributed by atoms with Crippen LogP contribution in [-0.4, -0.2) is 43.3 Å². The van der Waals surface area contributed by atoms with Gasteiger partial charge in [-0.25, -0.2) is 4.98 Å². The summed E-state index contributed by atoms with van der Waals surface area (Å²) in [4.78, 5) is 7.32. The second kappa shape index (κ2) is 8.23. The Balaban J connectivity index is 1.84. The maximum Gasteiger partial charge on any atom is 0.226 e. The van der Waals surface area contributed by atoms with E-state index in [0.717, 1.165) is 53.6 Å². The van der Waals surface area contributed by atoms with E-state index in [-0.39, 0.29) is 0 Å². The monoisotopic (exact) mass is 358 g/mol. The van der Waals surface area contributed by atoms with Crippen molar-refractivity contribution < 1.29 is 13.9 Å². The first-order chi connectivity index (χ1) is 12.5. The predicted molar refractivity (Wildman–Crippen MR) is 103 cm³/mol. The molecule has 0 spiro atoms. The lowest BCUT2D eigenvalue weighted by molar-refractivity contribution is 0.0590. The summed E-state index contributed by atoms with van der Waals surface area (Å²) in [6.45, 7) is 8.85. The fourth-order valence-corrected chi connectivity index (χ4v) is 3.78. The number of piperidine rings is 1. The molecule has 5 heteroatoms. The zero-order valence-electron chi connectivity index (χ0n) is 16.6. The number of methoxy groups -OCH3 is 2. The third kappa shape index (κ3) is 3.79. The number of aromatic nitrogens is 1. The highest BCUT2D eigenvalue weighted by atomic mass is 16.5. The van der Waals surface area contributed by atoms with Gasteiger partial charge in [-0.05, 0) is 63.4 Å². The standard InChI is InChI=1S/C21H30N2O3/c1-14-15(2)20(25-5)10-9-18(14)21-22-19(16(3)26-21)12-23-11-7-6-8-17(23)13-24-4/h9-10,17H,6-8,11-13H2,1-5H3/t17-/m0/s1. The van der Waals surface area contributed by atoms with E-state index in [1.807, 2.05) is 19.1 Å². The summed E-state index contributed by atoms with van der Waals surface area (Å²) < 4.78 is 16.9. The van der Waals surface area contributed by atoms with Crippen molar-refractivity contribution in [2.24, 2.45) is 0 Å². The summed E-state index contributed by atoms with van der Waals surface area (Å²) in [7, 11) is 3.48. The first-order valence-electron chi connectivity index (χ1n) is 9.39. The van der Waals surface area contributed by atoms with Crippen LogP contribution >= 0.6 is 0 Å². The van der Waals surface area contributed by atoms with Gasteiger partial charge in [0.2, 0.25) is 5.89 Å². The van der Waals surface area contributed by atoms with Gasteiger partial charge in [-0.1, -0.05) is 6.42 Å². The molecule has 0 N–H and O–H groups in total. The van der Waals surface area contributed by atoms with Crippen LogP contribution in [0.4, 0.5) is 0 Å². The number of oxazole rings is 1. The second-order valence-corrected chi connectivity index (χ2v) is 7.16. The molecule has 2 heterocycles. The Labute approximate surface area is 156 Å². The lowest BCUT2D eigenvalue weighted by Gasteiger charge is -2.34. The Bertz CT molecular complexity index is 752. The molecule has 1 aliphatic heterocycles. The topological polar surface area (TPSA) is 47.7 Å². The summed E-state index contributed by atoms with van der Waals surface area (Å²) in [6, 6.07) is 4.49. The summed E-state index contributed by atoms with van der Waals surface area (Å²) in [6.07, 6.45) is 3.70. The van der Waals surface area contributed by atoms with Gasteiger partial charge in [0.15, 0.2) is 0 Å². The lowest BCUT2D eigenvalue weighted by Crippen LogP contribution is -2.41. The molecule has 1 aromatic heterocycles. The quantitative estimate of drug-likeness (QED) is 0.771. The van der Waals surface area contributed by atoms with Crippen LogP contribution in [0.25, 0.3) is 11.5 Å². The Morgan fingerprint density at radius 1 is 1.15 bits per heavy atom. The highest BCUT2D eigenvalue weighted by Gasteiger charge is 2.25. The molecule has 0 aliphatic carbocycles. The number of likely N-dealkylation sites (tertiary alicyclic amines) is 1. The minimum absolute atomic E-state index is 0.471. The van der Waals surface area contributed by atoms with E-state index in [1.54, 1.807) is 14.2 Å². The van der Waals surface area contributed by atoms with Crippen molar-refractivity contribution >= 4 is 0 Å². The van der Waals surface area contributed by atoms with Gasteiger partial charge in [0.05, 0.1) is 19.4 Å². The molecule has 142 valence electrons. The van der Waals surface area contributed by atoms with E-state index in [0.29, 0.717) is 11.9 Å². The third-order valence-corrected chi connectivity index (χ3v) is 5.54. The van der Waals surface area contributed by atoms with E-state index < -0.39 is 0 Å². The third-order valence-electron chi connectivity index (χ3n) is 5.54. The van der Waals surface area contributed by atoms with Crippen LogP contribution in [-0.2, 0) is 11.3 Å². The largest absolute Gasteiger partial charge is 0.496 e. The molecule has 0 unspecified atom stereocenters. The Hall–Kier alpha value is -1.85. The van der Waals surface area contributed by atoms with E-state index in [2.05, 4.69) is 18.7 Å². The molecule has 26 heavy (non-hydrogen) atoms. The van der Waals surface area contributed by atoms with Crippen molar-refractivity contribution in [1.29, 1.82) is 0 Å². The Kier molecular flexibility index (Phi) is 5.99. The molecule has 3 rings (SSSR count). The van der Waals surface area contributed by atoms with Crippen LogP contribution < -0.4 is 4.74 Å². The zero-order valence-corrected chi connectivity index (χ0v) is 16.6. The normalized spacial score (nSPS) is 18.3.